The molecular weight excluding hydrogens is 380 g/mol. The van der Waals surface area contributed by atoms with Gasteiger partial charge in [-0.25, -0.2) is 8.78 Å². The van der Waals surface area contributed by atoms with E-state index in [2.05, 4.69) is 15.9 Å². The van der Waals surface area contributed by atoms with Crippen LogP contribution in [0.1, 0.15) is 31.4 Å². The van der Waals surface area contributed by atoms with Crippen LogP contribution in [-0.4, -0.2) is 11.3 Å². The largest absolute Gasteiger partial charge is 0.431 e. The third-order valence-corrected chi connectivity index (χ3v) is 4.52. The smallest absolute Gasteiger partial charge is 0.398 e. The summed E-state index contributed by atoms with van der Waals surface area (Å²) in [7, 11) is 0. The SMILES string of the molecule is CCc1cc(C(F)(C(F)(F)F)C(F)(Cl)CC)cc(Br)c1N. The molecule has 0 bridgehead atoms. The molecule has 1 aromatic rings. The molecule has 0 saturated carbocycles. The molecule has 2 N–H and O–H groups in total. The summed E-state index contributed by atoms with van der Waals surface area (Å²) in [5, 5.41) is -3.62. The van der Waals surface area contributed by atoms with Gasteiger partial charge in [-0.05, 0) is 46.5 Å². The van der Waals surface area contributed by atoms with Crippen molar-refractivity contribution in [2.45, 2.75) is 43.7 Å². The average molecular weight is 395 g/mol. The molecule has 0 spiro atoms. The third kappa shape index (κ3) is 2.99. The van der Waals surface area contributed by atoms with Crippen LogP contribution in [0.5, 0.6) is 0 Å². The zero-order valence-corrected chi connectivity index (χ0v) is 13.6. The van der Waals surface area contributed by atoms with Gasteiger partial charge in [-0.1, -0.05) is 25.4 Å². The maximum absolute atomic E-state index is 14.7. The zero-order valence-electron chi connectivity index (χ0n) is 11.3. The molecule has 0 fully saturated rings. The van der Waals surface area contributed by atoms with Gasteiger partial charge >= 0.3 is 6.18 Å². The summed E-state index contributed by atoms with van der Waals surface area (Å²) >= 11 is 8.19. The fourth-order valence-corrected chi connectivity index (χ4v) is 2.71. The number of alkyl halides is 6. The van der Waals surface area contributed by atoms with Gasteiger partial charge in [0.2, 0.25) is 5.13 Å². The van der Waals surface area contributed by atoms with Gasteiger partial charge in [0.05, 0.1) is 0 Å². The Kier molecular flexibility index (Phi) is 5.20. The van der Waals surface area contributed by atoms with E-state index in [1.165, 1.54) is 0 Å². The van der Waals surface area contributed by atoms with E-state index in [0.29, 0.717) is 0 Å². The second-order valence-electron chi connectivity index (χ2n) is 4.60. The van der Waals surface area contributed by atoms with E-state index in [1.807, 2.05) is 0 Å². The van der Waals surface area contributed by atoms with Crippen molar-refractivity contribution in [3.05, 3.63) is 27.7 Å². The van der Waals surface area contributed by atoms with Crippen LogP contribution in [0.3, 0.4) is 0 Å². The molecular formula is C13H14BrClF5N. The fourth-order valence-electron chi connectivity index (χ4n) is 1.99. The molecule has 0 aromatic heterocycles. The highest BCUT2D eigenvalue weighted by molar-refractivity contribution is 9.10. The molecule has 0 radical (unpaired) electrons. The Hall–Kier alpha value is -0.560. The number of halogens is 7. The molecule has 0 aliphatic carbocycles. The molecule has 0 aliphatic heterocycles. The monoisotopic (exact) mass is 393 g/mol. The van der Waals surface area contributed by atoms with Crippen molar-refractivity contribution >= 4 is 33.2 Å². The van der Waals surface area contributed by atoms with Crippen molar-refractivity contribution in [1.82, 2.24) is 0 Å². The Labute approximate surface area is 132 Å². The van der Waals surface area contributed by atoms with E-state index >= 15 is 0 Å². The Morgan fingerprint density at radius 3 is 2.05 bits per heavy atom. The van der Waals surface area contributed by atoms with Crippen LogP contribution in [0.25, 0.3) is 0 Å². The lowest BCUT2D eigenvalue weighted by atomic mass is 9.86. The number of rotatable bonds is 4. The summed E-state index contributed by atoms with van der Waals surface area (Å²) in [5.74, 6) is 0. The Balaban J connectivity index is 3.68. The van der Waals surface area contributed by atoms with Crippen LogP contribution in [0.2, 0.25) is 0 Å². The van der Waals surface area contributed by atoms with Gasteiger partial charge in [-0.3, -0.25) is 0 Å². The van der Waals surface area contributed by atoms with E-state index in [0.717, 1.165) is 19.1 Å². The average Bonchev–Trinajstić information content (AvgIpc) is 2.39. The van der Waals surface area contributed by atoms with Gasteiger partial charge < -0.3 is 5.73 Å². The van der Waals surface area contributed by atoms with Gasteiger partial charge in [0.25, 0.3) is 5.67 Å². The number of anilines is 1. The summed E-state index contributed by atoms with van der Waals surface area (Å²) in [6.07, 6.45) is -6.10. The summed E-state index contributed by atoms with van der Waals surface area (Å²) < 4.78 is 68.5. The van der Waals surface area contributed by atoms with E-state index in [1.54, 1.807) is 6.92 Å². The number of nitrogen functional groups attached to an aromatic ring is 1. The minimum absolute atomic E-state index is 0.0618. The molecule has 1 nitrogen and oxygen atoms in total. The molecule has 1 rings (SSSR count). The number of hydrogen-bond donors (Lipinski definition) is 1. The first-order valence-electron chi connectivity index (χ1n) is 6.14. The van der Waals surface area contributed by atoms with Gasteiger partial charge in [-0.15, -0.1) is 0 Å². The van der Waals surface area contributed by atoms with Crippen LogP contribution in [0.4, 0.5) is 27.6 Å². The quantitative estimate of drug-likeness (QED) is 0.399. The molecule has 2 unspecified atom stereocenters. The second kappa shape index (κ2) is 5.91. The lowest BCUT2D eigenvalue weighted by Gasteiger charge is -2.36. The lowest BCUT2D eigenvalue weighted by Crippen LogP contribution is -2.51. The first-order valence-corrected chi connectivity index (χ1v) is 7.31. The topological polar surface area (TPSA) is 26.0 Å². The van der Waals surface area contributed by atoms with Crippen LogP contribution in [0.15, 0.2) is 16.6 Å². The minimum atomic E-state index is -5.51. The highest BCUT2D eigenvalue weighted by Gasteiger charge is 2.69. The van der Waals surface area contributed by atoms with Crippen molar-refractivity contribution < 1.29 is 22.0 Å². The van der Waals surface area contributed by atoms with Gasteiger partial charge in [0, 0.05) is 15.7 Å². The number of hydrogen-bond acceptors (Lipinski definition) is 1. The molecule has 1 aromatic carbocycles. The molecule has 120 valence electrons. The summed E-state index contributed by atoms with van der Waals surface area (Å²) in [4.78, 5) is 0. The van der Waals surface area contributed by atoms with Crippen LogP contribution in [0, 0.1) is 0 Å². The third-order valence-electron chi connectivity index (χ3n) is 3.33. The van der Waals surface area contributed by atoms with Gasteiger partial charge in [-0.2, -0.15) is 13.2 Å². The Morgan fingerprint density at radius 2 is 1.67 bits per heavy atom. The molecule has 0 heterocycles. The van der Waals surface area contributed by atoms with Crippen LogP contribution in [-0.2, 0) is 12.1 Å². The molecule has 2 atom stereocenters. The van der Waals surface area contributed by atoms with Crippen LogP contribution >= 0.6 is 27.5 Å². The first-order chi connectivity index (χ1) is 9.42. The molecule has 21 heavy (non-hydrogen) atoms. The molecule has 0 amide bonds. The number of benzene rings is 1. The standard InChI is InChI=1S/C13H14BrClF5N/c1-3-7-5-8(6-9(14)10(7)21)12(17,13(18,19)20)11(15,16)4-2/h5-6H,3-4,21H2,1-2H3. The minimum Gasteiger partial charge on any atom is -0.398 e. The maximum Gasteiger partial charge on any atom is 0.431 e. The van der Waals surface area contributed by atoms with Crippen molar-refractivity contribution in [3.8, 4) is 0 Å². The van der Waals surface area contributed by atoms with Crippen molar-refractivity contribution in [3.63, 3.8) is 0 Å². The van der Waals surface area contributed by atoms with Crippen LogP contribution < -0.4 is 5.73 Å². The zero-order chi connectivity index (χ0) is 16.6. The molecule has 0 aliphatic rings. The van der Waals surface area contributed by atoms with E-state index in [4.69, 9.17) is 17.3 Å². The Morgan fingerprint density at radius 1 is 1.14 bits per heavy atom. The summed E-state index contributed by atoms with van der Waals surface area (Å²) in [6.45, 7) is 2.68. The summed E-state index contributed by atoms with van der Waals surface area (Å²) in [5.41, 5.74) is 0.886. The van der Waals surface area contributed by atoms with E-state index in [9.17, 15) is 22.0 Å². The molecule has 8 heteroatoms. The summed E-state index contributed by atoms with van der Waals surface area (Å²) in [6, 6.07) is 1.72. The maximum atomic E-state index is 14.7. The van der Waals surface area contributed by atoms with Crippen molar-refractivity contribution in [2.75, 3.05) is 5.73 Å². The highest BCUT2D eigenvalue weighted by Crippen LogP contribution is 2.55. The highest BCUT2D eigenvalue weighted by atomic mass is 79.9. The normalized spacial score (nSPS) is 18.1. The second-order valence-corrected chi connectivity index (χ2v) is 6.05. The van der Waals surface area contributed by atoms with Crippen molar-refractivity contribution in [1.29, 1.82) is 0 Å². The number of nitrogens with two attached hydrogens (primary N) is 1. The van der Waals surface area contributed by atoms with Crippen molar-refractivity contribution in [2.24, 2.45) is 0 Å². The molecule has 0 saturated heterocycles. The fraction of sp³-hybridized carbons (Fsp3) is 0.538. The van der Waals surface area contributed by atoms with E-state index < -0.39 is 29.0 Å². The predicted octanol–water partition coefficient (Wildman–Crippen LogP) is 5.64. The lowest BCUT2D eigenvalue weighted by molar-refractivity contribution is -0.265. The first kappa shape index (κ1) is 18.5. The van der Waals surface area contributed by atoms with Gasteiger partial charge in [0.15, 0.2) is 0 Å². The number of aryl methyl sites for hydroxylation is 1. The Bertz CT molecular complexity index is 532. The predicted molar refractivity (Wildman–Crippen MR) is 76.8 cm³/mol. The van der Waals surface area contributed by atoms with E-state index in [-0.39, 0.29) is 22.1 Å². The van der Waals surface area contributed by atoms with Gasteiger partial charge in [0.1, 0.15) is 0 Å².